The van der Waals surface area contributed by atoms with Crippen LogP contribution >= 0.6 is 0 Å². The van der Waals surface area contributed by atoms with Crippen LogP contribution in [0.1, 0.15) is 17.5 Å². The minimum absolute atomic E-state index is 0.0747. The van der Waals surface area contributed by atoms with Gasteiger partial charge in [0, 0.05) is 37.9 Å². The molecule has 14 nitrogen and oxygen atoms in total. The first-order valence-corrected chi connectivity index (χ1v) is 11.3. The highest BCUT2D eigenvalue weighted by molar-refractivity contribution is 6.01. The number of hydrogen-bond donors (Lipinski definition) is 2. The molecule has 1 atom stereocenters. The molecule has 2 aromatic rings. The van der Waals surface area contributed by atoms with E-state index >= 15 is 0 Å². The van der Waals surface area contributed by atoms with Gasteiger partial charge in [-0.05, 0) is 60.8 Å². The molecule has 2 N–H and O–H groups in total. The van der Waals surface area contributed by atoms with Crippen LogP contribution in [0.15, 0.2) is 53.5 Å². The van der Waals surface area contributed by atoms with E-state index < -0.39 is 22.0 Å². The molecular weight excluding hydrogens is 488 g/mol. The molecule has 37 heavy (non-hydrogen) atoms. The number of guanidine groups is 1. The lowest BCUT2D eigenvalue weighted by Gasteiger charge is -2.25. The molecule has 0 bridgehead atoms. The van der Waals surface area contributed by atoms with Gasteiger partial charge < -0.3 is 14.8 Å². The highest BCUT2D eigenvalue weighted by atomic mass is 16.6. The molecule has 14 heteroatoms. The van der Waals surface area contributed by atoms with Gasteiger partial charge in [-0.25, -0.2) is 14.5 Å². The fraction of sp³-hybridized carbons (Fsp3) is 0.348. The van der Waals surface area contributed by atoms with Crippen molar-refractivity contribution in [3.8, 4) is 0 Å². The largest absolute Gasteiger partial charge is 0.444 e. The zero-order valence-electron chi connectivity index (χ0n) is 20.0. The molecular formula is C23H26N6O8. The smallest absolute Gasteiger partial charge is 0.416 e. The van der Waals surface area contributed by atoms with Crippen LogP contribution < -0.4 is 10.6 Å². The van der Waals surface area contributed by atoms with Crippen molar-refractivity contribution in [3.63, 3.8) is 0 Å². The normalized spacial score (nSPS) is 15.1. The van der Waals surface area contributed by atoms with Gasteiger partial charge in [-0.1, -0.05) is 0 Å². The number of benzene rings is 2. The van der Waals surface area contributed by atoms with Crippen LogP contribution in [0.2, 0.25) is 0 Å². The zero-order chi connectivity index (χ0) is 26.8. The Morgan fingerprint density at radius 3 is 2.00 bits per heavy atom. The van der Waals surface area contributed by atoms with Crippen molar-refractivity contribution >= 4 is 29.5 Å². The molecule has 3 rings (SSSR count). The van der Waals surface area contributed by atoms with Crippen molar-refractivity contribution in [2.45, 2.75) is 19.6 Å². The standard InChI is InChI=1S/C23H26N6O8/c1-24-21(26-22(30)36-14-16-2-6-19(7-3-16)28(32)33)27(13-18-10-11-25-12-18)23(31)37-15-17-4-8-20(9-5-17)29(34)35/h2-9,18,25H,10-15H2,1H3,(H,24,26,30)/t18-/m0/s1. The highest BCUT2D eigenvalue weighted by Crippen LogP contribution is 2.15. The van der Waals surface area contributed by atoms with Gasteiger partial charge >= 0.3 is 12.2 Å². The third kappa shape index (κ3) is 7.96. The molecule has 1 fully saturated rings. The van der Waals surface area contributed by atoms with Crippen molar-refractivity contribution < 1.29 is 28.9 Å². The monoisotopic (exact) mass is 514 g/mol. The summed E-state index contributed by atoms with van der Waals surface area (Å²) in [5.41, 5.74) is 0.916. The van der Waals surface area contributed by atoms with Gasteiger partial charge in [0.05, 0.1) is 9.85 Å². The number of alkyl carbamates (subject to hydrolysis) is 1. The Kier molecular flexibility index (Phi) is 9.43. The lowest BCUT2D eigenvalue weighted by molar-refractivity contribution is -0.385. The van der Waals surface area contributed by atoms with Crippen LogP contribution in [0.25, 0.3) is 0 Å². The van der Waals surface area contributed by atoms with Crippen LogP contribution in [0.3, 0.4) is 0 Å². The van der Waals surface area contributed by atoms with Crippen LogP contribution in [0, 0.1) is 26.1 Å². The number of hydrogen-bond acceptors (Lipinski definition) is 10. The van der Waals surface area contributed by atoms with Crippen LogP contribution in [-0.4, -0.2) is 59.6 Å². The summed E-state index contributed by atoms with van der Waals surface area (Å²) >= 11 is 0. The first-order valence-electron chi connectivity index (χ1n) is 11.3. The molecule has 2 aromatic carbocycles. The van der Waals surface area contributed by atoms with E-state index in [0.29, 0.717) is 17.7 Å². The van der Waals surface area contributed by atoms with Crippen molar-refractivity contribution in [1.29, 1.82) is 0 Å². The lowest BCUT2D eigenvalue weighted by Crippen LogP contribution is -2.49. The Morgan fingerprint density at radius 2 is 1.54 bits per heavy atom. The maximum Gasteiger partial charge on any atom is 0.416 e. The molecule has 0 unspecified atom stereocenters. The molecule has 196 valence electrons. The van der Waals surface area contributed by atoms with E-state index in [1.165, 1.54) is 60.5 Å². The van der Waals surface area contributed by atoms with Crippen molar-refractivity contribution in [2.24, 2.45) is 10.9 Å². The van der Waals surface area contributed by atoms with Gasteiger partial charge in [-0.15, -0.1) is 0 Å². The second-order valence-corrected chi connectivity index (χ2v) is 8.12. The van der Waals surface area contributed by atoms with Gasteiger partial charge in [0.1, 0.15) is 13.2 Å². The quantitative estimate of drug-likeness (QED) is 0.232. The first-order chi connectivity index (χ1) is 17.8. The maximum atomic E-state index is 13.0. The Balaban J connectivity index is 1.62. The second kappa shape index (κ2) is 12.9. The van der Waals surface area contributed by atoms with E-state index in [4.69, 9.17) is 9.47 Å². The molecule has 1 saturated heterocycles. The average molecular weight is 514 g/mol. The van der Waals surface area contributed by atoms with Crippen molar-refractivity contribution in [2.75, 3.05) is 26.7 Å². The van der Waals surface area contributed by atoms with Crippen LogP contribution in [-0.2, 0) is 22.7 Å². The second-order valence-electron chi connectivity index (χ2n) is 8.12. The molecule has 1 heterocycles. The van der Waals surface area contributed by atoms with E-state index in [1.807, 2.05) is 0 Å². The summed E-state index contributed by atoms with van der Waals surface area (Å²) in [6.45, 7) is 1.39. The topological polar surface area (TPSA) is 179 Å². The molecule has 0 aromatic heterocycles. The van der Waals surface area contributed by atoms with Crippen molar-refractivity contribution in [1.82, 2.24) is 15.5 Å². The number of nitrogens with zero attached hydrogens (tertiary/aromatic N) is 4. The zero-order valence-corrected chi connectivity index (χ0v) is 20.0. The predicted octanol–water partition coefficient (Wildman–Crippen LogP) is 2.96. The number of carbonyl (C=O) groups is 2. The van der Waals surface area contributed by atoms with E-state index in [-0.39, 0.29) is 43.0 Å². The number of nitro benzene ring substituents is 2. The van der Waals surface area contributed by atoms with Crippen LogP contribution in [0.5, 0.6) is 0 Å². The Bertz CT molecular complexity index is 1150. The van der Waals surface area contributed by atoms with Gasteiger partial charge in [0.2, 0.25) is 5.96 Å². The number of amides is 2. The predicted molar refractivity (Wildman–Crippen MR) is 131 cm³/mol. The maximum absolute atomic E-state index is 13.0. The first kappa shape index (κ1) is 27.0. The molecule has 1 aliphatic heterocycles. The summed E-state index contributed by atoms with van der Waals surface area (Å²) < 4.78 is 10.6. The molecule has 0 aliphatic carbocycles. The summed E-state index contributed by atoms with van der Waals surface area (Å²) in [6.07, 6.45) is -0.827. The third-order valence-electron chi connectivity index (χ3n) is 5.53. The van der Waals surface area contributed by atoms with E-state index in [0.717, 1.165) is 13.0 Å². The number of carbonyl (C=O) groups excluding carboxylic acids is 2. The van der Waals surface area contributed by atoms with E-state index in [2.05, 4.69) is 15.6 Å². The Labute approximate surface area is 211 Å². The summed E-state index contributed by atoms with van der Waals surface area (Å²) in [5.74, 6) is 0.0240. The molecule has 1 aliphatic rings. The molecule has 0 saturated carbocycles. The van der Waals surface area contributed by atoms with Gasteiger partial charge in [0.25, 0.3) is 11.4 Å². The minimum Gasteiger partial charge on any atom is -0.444 e. The molecule has 0 radical (unpaired) electrons. The summed E-state index contributed by atoms with van der Waals surface area (Å²) in [5, 5.41) is 27.2. The lowest BCUT2D eigenvalue weighted by atomic mass is 10.1. The number of nitrogens with one attached hydrogen (secondary N) is 2. The van der Waals surface area contributed by atoms with Gasteiger partial charge in [-0.2, -0.15) is 0 Å². The molecule has 0 spiro atoms. The van der Waals surface area contributed by atoms with Crippen molar-refractivity contribution in [3.05, 3.63) is 79.9 Å². The summed E-state index contributed by atoms with van der Waals surface area (Å²) in [6, 6.07) is 11.1. The SMILES string of the molecule is CN=C(NC(=O)OCc1ccc([N+](=O)[O-])cc1)N(C[C@H]1CCNC1)C(=O)OCc1ccc([N+](=O)[O-])cc1. The molecule has 2 amide bonds. The number of nitro groups is 2. The van der Waals surface area contributed by atoms with Crippen LogP contribution in [0.4, 0.5) is 21.0 Å². The summed E-state index contributed by atoms with van der Waals surface area (Å²) in [4.78, 5) is 51.2. The fourth-order valence-electron chi connectivity index (χ4n) is 3.55. The highest BCUT2D eigenvalue weighted by Gasteiger charge is 2.28. The van der Waals surface area contributed by atoms with E-state index in [1.54, 1.807) is 0 Å². The number of non-ortho nitro benzene ring substituents is 2. The Hall–Kier alpha value is -4.59. The number of ether oxygens (including phenoxy) is 2. The average Bonchev–Trinajstić information content (AvgIpc) is 3.42. The summed E-state index contributed by atoms with van der Waals surface area (Å²) in [7, 11) is 1.40. The number of rotatable bonds is 8. The number of aliphatic imine (C=N–C) groups is 1. The fourth-order valence-corrected chi connectivity index (χ4v) is 3.55. The Morgan fingerprint density at radius 1 is 1.00 bits per heavy atom. The van der Waals surface area contributed by atoms with E-state index in [9.17, 15) is 29.8 Å². The van der Waals surface area contributed by atoms with Gasteiger partial charge in [0.15, 0.2) is 0 Å². The third-order valence-corrected chi connectivity index (χ3v) is 5.53. The minimum atomic E-state index is -0.878. The van der Waals surface area contributed by atoms with Gasteiger partial charge in [-0.3, -0.25) is 30.5 Å².